The maximum Gasteiger partial charge on any atom is 0.0740 e. The van der Waals surface area contributed by atoms with Gasteiger partial charge in [-0.05, 0) is 56.9 Å². The Morgan fingerprint density at radius 3 is 1.71 bits per heavy atom. The van der Waals surface area contributed by atoms with Crippen LogP contribution < -0.4 is 0 Å². The van der Waals surface area contributed by atoms with E-state index in [0.29, 0.717) is 0 Å². The molecule has 0 spiro atoms. The van der Waals surface area contributed by atoms with Crippen molar-refractivity contribution in [2.45, 2.75) is 60.8 Å². The molecule has 0 aliphatic rings. The van der Waals surface area contributed by atoms with E-state index in [-0.39, 0.29) is 5.41 Å². The van der Waals surface area contributed by atoms with E-state index in [0.717, 1.165) is 5.69 Å². The number of rotatable bonds is 1. The second-order valence-electron chi connectivity index (χ2n) is 7.34. The fourth-order valence-electron chi connectivity index (χ4n) is 3.32. The van der Waals surface area contributed by atoms with Gasteiger partial charge in [-0.25, -0.2) is 0 Å². The molecule has 0 saturated carbocycles. The first-order valence-corrected chi connectivity index (χ1v) is 7.68. The average Bonchev–Trinajstić information content (AvgIpc) is 2.28. The molecule has 0 atom stereocenters. The van der Waals surface area contributed by atoms with Gasteiger partial charge in [-0.15, -0.1) is 0 Å². The van der Waals surface area contributed by atoms with Crippen molar-refractivity contribution in [2.24, 2.45) is 0 Å². The van der Waals surface area contributed by atoms with Gasteiger partial charge in [0.1, 0.15) is 0 Å². The van der Waals surface area contributed by atoms with Crippen molar-refractivity contribution in [2.75, 3.05) is 0 Å². The fraction of sp³-hybridized carbons (Fsp3) is 0.450. The highest BCUT2D eigenvalue weighted by atomic mass is 14.7. The minimum absolute atomic E-state index is 0.0685. The normalized spacial score (nSPS) is 11.8. The second kappa shape index (κ2) is 5.29. The third kappa shape index (κ3) is 3.02. The summed E-state index contributed by atoms with van der Waals surface area (Å²) in [6, 6.07) is 6.78. The van der Waals surface area contributed by atoms with Gasteiger partial charge in [0.25, 0.3) is 0 Å². The van der Waals surface area contributed by atoms with Gasteiger partial charge in [0.05, 0.1) is 5.69 Å². The molecule has 2 rings (SSSR count). The molecule has 0 N–H and O–H groups in total. The molecule has 0 radical (unpaired) electrons. The molecule has 1 aromatic carbocycles. The minimum Gasteiger partial charge on any atom is -0.252 e. The molecule has 1 nitrogen and oxygen atoms in total. The van der Waals surface area contributed by atoms with E-state index < -0.39 is 0 Å². The monoisotopic (exact) mass is 281 g/mol. The Balaban J connectivity index is 2.76. The second-order valence-corrected chi connectivity index (χ2v) is 7.34. The number of aromatic nitrogens is 1. The van der Waals surface area contributed by atoms with Crippen LogP contribution in [0.15, 0.2) is 18.2 Å². The van der Waals surface area contributed by atoms with Crippen LogP contribution in [-0.4, -0.2) is 4.98 Å². The molecular weight excluding hydrogens is 254 g/mol. The number of hydrogen-bond acceptors (Lipinski definition) is 1. The summed E-state index contributed by atoms with van der Waals surface area (Å²) in [6.45, 7) is 17.6. The molecule has 1 aromatic heterocycles. The first-order valence-electron chi connectivity index (χ1n) is 7.68. The highest BCUT2D eigenvalue weighted by Gasteiger charge is 2.21. The van der Waals surface area contributed by atoms with E-state index >= 15 is 0 Å². The van der Waals surface area contributed by atoms with Crippen LogP contribution in [0.2, 0.25) is 0 Å². The molecule has 0 saturated heterocycles. The molecular formula is C20H27N. The quantitative estimate of drug-likeness (QED) is 0.664. The molecule has 0 aliphatic carbocycles. The smallest absolute Gasteiger partial charge is 0.0740 e. The van der Waals surface area contributed by atoms with E-state index in [9.17, 15) is 0 Å². The van der Waals surface area contributed by atoms with E-state index in [1.54, 1.807) is 0 Å². The number of pyridine rings is 1. The van der Waals surface area contributed by atoms with Gasteiger partial charge >= 0.3 is 0 Å². The lowest BCUT2D eigenvalue weighted by Gasteiger charge is -2.23. The summed E-state index contributed by atoms with van der Waals surface area (Å²) >= 11 is 0. The lowest BCUT2D eigenvalue weighted by atomic mass is 9.86. The van der Waals surface area contributed by atoms with E-state index in [1.165, 1.54) is 39.1 Å². The topological polar surface area (TPSA) is 12.9 Å². The van der Waals surface area contributed by atoms with Crippen molar-refractivity contribution in [1.82, 2.24) is 4.98 Å². The Labute approximate surface area is 129 Å². The fourth-order valence-corrected chi connectivity index (χ4v) is 3.32. The van der Waals surface area contributed by atoms with Crippen LogP contribution >= 0.6 is 0 Å². The van der Waals surface area contributed by atoms with Crippen LogP contribution in [0.5, 0.6) is 0 Å². The SMILES string of the molecule is Cc1cc(C)c(-c2nc(C(C)(C)C)c(C)cc2C)c(C)c1. The molecule has 0 unspecified atom stereocenters. The zero-order valence-corrected chi connectivity index (χ0v) is 14.7. The predicted octanol–water partition coefficient (Wildman–Crippen LogP) is 5.59. The minimum atomic E-state index is 0.0685. The van der Waals surface area contributed by atoms with Crippen molar-refractivity contribution >= 4 is 0 Å². The first kappa shape index (κ1) is 15.8. The van der Waals surface area contributed by atoms with Crippen molar-refractivity contribution < 1.29 is 0 Å². The van der Waals surface area contributed by atoms with Crippen LogP contribution in [0.25, 0.3) is 11.3 Å². The van der Waals surface area contributed by atoms with Crippen molar-refractivity contribution in [3.8, 4) is 11.3 Å². The summed E-state index contributed by atoms with van der Waals surface area (Å²) in [5.74, 6) is 0. The van der Waals surface area contributed by atoms with E-state index in [4.69, 9.17) is 4.98 Å². The zero-order valence-electron chi connectivity index (χ0n) is 14.7. The van der Waals surface area contributed by atoms with Gasteiger partial charge in [0, 0.05) is 16.7 Å². The standard InChI is InChI=1S/C20H27N/c1-12-9-13(2)17(14(3)10-12)18-15(4)11-16(5)19(21-18)20(6,7)8/h9-11H,1-8H3. The lowest BCUT2D eigenvalue weighted by molar-refractivity contribution is 0.564. The predicted molar refractivity (Wildman–Crippen MR) is 92.1 cm³/mol. The Morgan fingerprint density at radius 2 is 1.24 bits per heavy atom. The number of benzene rings is 1. The zero-order chi connectivity index (χ0) is 15.9. The number of hydrogen-bond donors (Lipinski definition) is 0. The van der Waals surface area contributed by atoms with Crippen LogP contribution in [-0.2, 0) is 5.41 Å². The average molecular weight is 281 g/mol. The largest absolute Gasteiger partial charge is 0.252 e. The Kier molecular flexibility index (Phi) is 3.97. The third-order valence-electron chi connectivity index (χ3n) is 4.03. The Bertz CT molecular complexity index is 665. The molecule has 21 heavy (non-hydrogen) atoms. The molecule has 0 fully saturated rings. The van der Waals surface area contributed by atoms with Crippen molar-refractivity contribution in [3.05, 3.63) is 51.7 Å². The first-order chi connectivity index (χ1) is 9.61. The third-order valence-corrected chi connectivity index (χ3v) is 4.03. The van der Waals surface area contributed by atoms with Gasteiger partial charge in [0.15, 0.2) is 0 Å². The summed E-state index contributed by atoms with van der Waals surface area (Å²) in [5.41, 5.74) is 10.2. The molecule has 0 aliphatic heterocycles. The summed E-state index contributed by atoms with van der Waals surface area (Å²) in [4.78, 5) is 5.06. The van der Waals surface area contributed by atoms with Gasteiger partial charge in [0.2, 0.25) is 0 Å². The maximum atomic E-state index is 5.06. The molecule has 112 valence electrons. The molecule has 1 heteroatoms. The van der Waals surface area contributed by atoms with Gasteiger partial charge < -0.3 is 0 Å². The highest BCUT2D eigenvalue weighted by Crippen LogP contribution is 2.33. The van der Waals surface area contributed by atoms with Crippen molar-refractivity contribution in [3.63, 3.8) is 0 Å². The maximum absolute atomic E-state index is 5.06. The van der Waals surface area contributed by atoms with Crippen molar-refractivity contribution in [1.29, 1.82) is 0 Å². The summed E-state index contributed by atoms with van der Waals surface area (Å²) in [7, 11) is 0. The summed E-state index contributed by atoms with van der Waals surface area (Å²) in [5, 5.41) is 0. The Hall–Kier alpha value is -1.63. The van der Waals surface area contributed by atoms with Crippen LogP contribution in [0.3, 0.4) is 0 Å². The summed E-state index contributed by atoms with van der Waals surface area (Å²) in [6.07, 6.45) is 0. The van der Waals surface area contributed by atoms with Gasteiger partial charge in [-0.2, -0.15) is 0 Å². The number of aryl methyl sites for hydroxylation is 5. The van der Waals surface area contributed by atoms with E-state index in [2.05, 4.69) is 73.6 Å². The van der Waals surface area contributed by atoms with Crippen LogP contribution in [0.4, 0.5) is 0 Å². The molecule has 0 amide bonds. The lowest BCUT2D eigenvalue weighted by Crippen LogP contribution is -2.16. The molecule has 2 aromatic rings. The van der Waals surface area contributed by atoms with Crippen LogP contribution in [0, 0.1) is 34.6 Å². The highest BCUT2D eigenvalue weighted by molar-refractivity contribution is 5.71. The molecule has 1 heterocycles. The Morgan fingerprint density at radius 1 is 0.714 bits per heavy atom. The van der Waals surface area contributed by atoms with E-state index in [1.807, 2.05) is 0 Å². The van der Waals surface area contributed by atoms with Gasteiger partial charge in [-0.1, -0.05) is 44.5 Å². The van der Waals surface area contributed by atoms with Gasteiger partial charge in [-0.3, -0.25) is 4.98 Å². The molecule has 0 bridgehead atoms. The number of nitrogens with zero attached hydrogens (tertiary/aromatic N) is 1. The van der Waals surface area contributed by atoms with Crippen LogP contribution in [0.1, 0.15) is 54.3 Å². The summed E-state index contributed by atoms with van der Waals surface area (Å²) < 4.78 is 0.